The lowest BCUT2D eigenvalue weighted by Crippen LogP contribution is -2.31. The molecule has 0 aliphatic heterocycles. The van der Waals surface area contributed by atoms with E-state index in [1.807, 2.05) is 31.2 Å². The van der Waals surface area contributed by atoms with Crippen molar-refractivity contribution in [2.24, 2.45) is 0 Å². The predicted octanol–water partition coefficient (Wildman–Crippen LogP) is 3.18. The molecule has 0 spiro atoms. The van der Waals surface area contributed by atoms with Crippen molar-refractivity contribution < 1.29 is 22.6 Å². The van der Waals surface area contributed by atoms with Crippen LogP contribution in [0, 0.1) is 0 Å². The Balaban J connectivity index is 2.11. The molecule has 0 fully saturated rings. The van der Waals surface area contributed by atoms with Gasteiger partial charge in [-0.15, -0.1) is 0 Å². The van der Waals surface area contributed by atoms with E-state index < -0.39 is 12.8 Å². The maximum Gasteiger partial charge on any atom is 0.411 e. The highest BCUT2D eigenvalue weighted by atomic mass is 19.4. The lowest BCUT2D eigenvalue weighted by atomic mass is 10.1. The number of halogens is 3. The maximum atomic E-state index is 11.8. The van der Waals surface area contributed by atoms with Crippen LogP contribution in [0.2, 0.25) is 0 Å². The third-order valence-electron chi connectivity index (χ3n) is 3.03. The van der Waals surface area contributed by atoms with E-state index in [-0.39, 0.29) is 12.6 Å². The Bertz CT molecular complexity index is 393. The Morgan fingerprint density at radius 3 is 2.43 bits per heavy atom. The van der Waals surface area contributed by atoms with Crippen LogP contribution >= 0.6 is 0 Å². The van der Waals surface area contributed by atoms with E-state index in [2.05, 4.69) is 10.1 Å². The fourth-order valence-electron chi connectivity index (χ4n) is 1.84. The number of nitrogens with one attached hydrogen (secondary N) is 1. The second kappa shape index (κ2) is 8.89. The lowest BCUT2D eigenvalue weighted by molar-refractivity contribution is -0.173. The lowest BCUT2D eigenvalue weighted by Gasteiger charge is -2.14. The molecule has 0 saturated carbocycles. The smallest absolute Gasteiger partial charge is 0.411 e. The van der Waals surface area contributed by atoms with Gasteiger partial charge in [0.1, 0.15) is 12.4 Å². The first-order valence-electron chi connectivity index (χ1n) is 6.91. The minimum absolute atomic E-state index is 0.0619. The highest BCUT2D eigenvalue weighted by Gasteiger charge is 2.27. The zero-order valence-electron chi connectivity index (χ0n) is 12.4. The standard InChI is InChI=1S/C15H22F3NO2/c1-12(19-9-10-21-11-15(16,17)18)3-4-13-5-7-14(20-2)8-6-13/h5-8,12,19H,3-4,9-11H2,1-2H3. The normalized spacial score (nSPS) is 13.2. The number of hydrogen-bond donors (Lipinski definition) is 1. The highest BCUT2D eigenvalue weighted by Crippen LogP contribution is 2.14. The molecule has 21 heavy (non-hydrogen) atoms. The summed E-state index contributed by atoms with van der Waals surface area (Å²) in [5, 5.41) is 3.14. The number of alkyl halides is 3. The average molecular weight is 305 g/mol. The van der Waals surface area contributed by atoms with Crippen LogP contribution in [-0.2, 0) is 11.2 Å². The van der Waals surface area contributed by atoms with E-state index in [4.69, 9.17) is 4.74 Å². The van der Waals surface area contributed by atoms with E-state index in [1.165, 1.54) is 5.56 Å². The summed E-state index contributed by atoms with van der Waals surface area (Å²) in [5.41, 5.74) is 1.21. The molecule has 1 aromatic rings. The molecule has 0 aromatic heterocycles. The number of aryl methyl sites for hydroxylation is 1. The van der Waals surface area contributed by atoms with Crippen molar-refractivity contribution in [3.8, 4) is 5.75 Å². The van der Waals surface area contributed by atoms with Crippen molar-refractivity contribution in [3.63, 3.8) is 0 Å². The van der Waals surface area contributed by atoms with Gasteiger partial charge < -0.3 is 14.8 Å². The van der Waals surface area contributed by atoms with Crippen LogP contribution in [-0.4, -0.2) is 39.1 Å². The molecule has 0 aliphatic rings. The molecule has 0 radical (unpaired) electrons. The molecule has 1 unspecified atom stereocenters. The largest absolute Gasteiger partial charge is 0.497 e. The Morgan fingerprint density at radius 2 is 1.86 bits per heavy atom. The fraction of sp³-hybridized carbons (Fsp3) is 0.600. The van der Waals surface area contributed by atoms with Crippen LogP contribution in [0.1, 0.15) is 18.9 Å². The van der Waals surface area contributed by atoms with Gasteiger partial charge in [0.25, 0.3) is 0 Å². The van der Waals surface area contributed by atoms with Crippen LogP contribution in [0.25, 0.3) is 0 Å². The minimum Gasteiger partial charge on any atom is -0.497 e. The summed E-state index contributed by atoms with van der Waals surface area (Å²) in [4.78, 5) is 0. The molecule has 0 amide bonds. The monoisotopic (exact) mass is 305 g/mol. The van der Waals surface area contributed by atoms with Crippen LogP contribution in [0.3, 0.4) is 0 Å². The summed E-state index contributed by atoms with van der Waals surface area (Å²) in [5.74, 6) is 0.826. The molecule has 0 aliphatic carbocycles. The molecule has 120 valence electrons. The van der Waals surface area contributed by atoms with Crippen LogP contribution in [0.5, 0.6) is 5.75 Å². The van der Waals surface area contributed by atoms with E-state index in [0.717, 1.165) is 18.6 Å². The Hall–Kier alpha value is -1.27. The molecule has 1 rings (SSSR count). The third kappa shape index (κ3) is 8.57. The van der Waals surface area contributed by atoms with E-state index in [9.17, 15) is 13.2 Å². The van der Waals surface area contributed by atoms with Gasteiger partial charge in [-0.1, -0.05) is 12.1 Å². The van der Waals surface area contributed by atoms with Gasteiger partial charge in [-0.2, -0.15) is 13.2 Å². The minimum atomic E-state index is -4.25. The number of methoxy groups -OCH3 is 1. The van der Waals surface area contributed by atoms with Crippen molar-refractivity contribution in [2.45, 2.75) is 32.0 Å². The second-order valence-electron chi connectivity index (χ2n) is 4.91. The van der Waals surface area contributed by atoms with E-state index in [0.29, 0.717) is 6.54 Å². The zero-order chi connectivity index (χ0) is 15.7. The van der Waals surface area contributed by atoms with Gasteiger partial charge in [-0.05, 0) is 37.5 Å². The second-order valence-corrected chi connectivity index (χ2v) is 4.91. The summed E-state index contributed by atoms with van der Waals surface area (Å²) in [6, 6.07) is 8.08. The number of hydrogen-bond acceptors (Lipinski definition) is 3. The molecule has 1 atom stereocenters. The van der Waals surface area contributed by atoms with Gasteiger partial charge in [0, 0.05) is 12.6 Å². The van der Waals surface area contributed by atoms with Crippen molar-refractivity contribution in [2.75, 3.05) is 26.9 Å². The molecule has 1 N–H and O–H groups in total. The molecule has 3 nitrogen and oxygen atoms in total. The summed E-state index contributed by atoms with van der Waals surface area (Å²) < 4.78 is 45.2. The average Bonchev–Trinajstić information content (AvgIpc) is 2.44. The molecular weight excluding hydrogens is 283 g/mol. The van der Waals surface area contributed by atoms with Crippen molar-refractivity contribution in [3.05, 3.63) is 29.8 Å². The molecule has 1 aromatic carbocycles. The van der Waals surface area contributed by atoms with Gasteiger partial charge in [-0.3, -0.25) is 0 Å². The van der Waals surface area contributed by atoms with Crippen molar-refractivity contribution in [1.82, 2.24) is 5.32 Å². The number of ether oxygens (including phenoxy) is 2. The molecule has 0 bridgehead atoms. The molecular formula is C15H22F3NO2. The van der Waals surface area contributed by atoms with Gasteiger partial charge in [0.2, 0.25) is 0 Å². The van der Waals surface area contributed by atoms with Crippen LogP contribution in [0.4, 0.5) is 13.2 Å². The van der Waals surface area contributed by atoms with E-state index >= 15 is 0 Å². The molecule has 0 saturated heterocycles. The van der Waals surface area contributed by atoms with Gasteiger partial charge in [0.05, 0.1) is 13.7 Å². The van der Waals surface area contributed by atoms with Crippen molar-refractivity contribution >= 4 is 0 Å². The third-order valence-corrected chi connectivity index (χ3v) is 3.03. The SMILES string of the molecule is COc1ccc(CCC(C)NCCOCC(F)(F)F)cc1. The topological polar surface area (TPSA) is 30.5 Å². The van der Waals surface area contributed by atoms with Crippen LogP contribution < -0.4 is 10.1 Å². The van der Waals surface area contributed by atoms with Crippen molar-refractivity contribution in [1.29, 1.82) is 0 Å². The first-order valence-corrected chi connectivity index (χ1v) is 6.91. The summed E-state index contributed by atoms with van der Waals surface area (Å²) >= 11 is 0. The first kappa shape index (κ1) is 17.8. The Kier molecular flexibility index (Phi) is 7.53. The Labute approximate surface area is 123 Å². The number of rotatable bonds is 9. The van der Waals surface area contributed by atoms with E-state index in [1.54, 1.807) is 7.11 Å². The Morgan fingerprint density at radius 1 is 1.19 bits per heavy atom. The molecule has 6 heteroatoms. The zero-order valence-corrected chi connectivity index (χ0v) is 12.4. The highest BCUT2D eigenvalue weighted by molar-refractivity contribution is 5.27. The fourth-order valence-corrected chi connectivity index (χ4v) is 1.84. The van der Waals surface area contributed by atoms with Gasteiger partial charge in [-0.25, -0.2) is 0 Å². The number of benzene rings is 1. The summed E-state index contributed by atoms with van der Waals surface area (Å²) in [6.45, 7) is 1.30. The van der Waals surface area contributed by atoms with Crippen LogP contribution in [0.15, 0.2) is 24.3 Å². The summed E-state index contributed by atoms with van der Waals surface area (Å²) in [6.07, 6.45) is -2.44. The van der Waals surface area contributed by atoms with Gasteiger partial charge in [0.15, 0.2) is 0 Å². The maximum absolute atomic E-state index is 11.8. The quantitative estimate of drug-likeness (QED) is 0.711. The molecule has 0 heterocycles. The first-order chi connectivity index (χ1) is 9.90. The summed E-state index contributed by atoms with van der Waals surface area (Å²) in [7, 11) is 1.63. The predicted molar refractivity (Wildman–Crippen MR) is 75.7 cm³/mol. The van der Waals surface area contributed by atoms with Gasteiger partial charge >= 0.3 is 6.18 Å².